The molecule has 2 N–H and O–H groups in total. The van der Waals surface area contributed by atoms with Gasteiger partial charge in [0, 0.05) is 13.1 Å². The molecule has 3 heterocycles. The van der Waals surface area contributed by atoms with Crippen LogP contribution >= 0.6 is 11.8 Å². The van der Waals surface area contributed by atoms with Crippen molar-refractivity contribution in [3.8, 4) is 0 Å². The van der Waals surface area contributed by atoms with Gasteiger partial charge in [-0.05, 0) is 37.6 Å². The standard InChI is InChI=1S/C12H15N5OS/c1-8-9(4-7-18-8)19-12-15-10(13)14-11(16-12)17-5-2-3-6-17/h4,7H,2-3,5-6H2,1H3,(H2,13,14,15,16). The lowest BCUT2D eigenvalue weighted by molar-refractivity contribution is 0.527. The Bertz CT molecular complexity index is 579. The van der Waals surface area contributed by atoms with Crippen LogP contribution in [0.5, 0.6) is 0 Å². The van der Waals surface area contributed by atoms with Crippen LogP contribution < -0.4 is 10.6 Å². The van der Waals surface area contributed by atoms with Gasteiger partial charge in [0.1, 0.15) is 5.76 Å². The summed E-state index contributed by atoms with van der Waals surface area (Å²) in [5.41, 5.74) is 5.77. The minimum absolute atomic E-state index is 0.264. The molecule has 3 rings (SSSR count). The van der Waals surface area contributed by atoms with Gasteiger partial charge in [-0.2, -0.15) is 15.0 Å². The lowest BCUT2D eigenvalue weighted by atomic mass is 10.4. The summed E-state index contributed by atoms with van der Waals surface area (Å²) in [5, 5.41) is 0.610. The average molecular weight is 277 g/mol. The van der Waals surface area contributed by atoms with Crippen molar-refractivity contribution in [2.24, 2.45) is 0 Å². The third-order valence-electron chi connectivity index (χ3n) is 3.02. The fourth-order valence-corrected chi connectivity index (χ4v) is 2.82. The second kappa shape index (κ2) is 5.08. The van der Waals surface area contributed by atoms with E-state index in [1.807, 2.05) is 13.0 Å². The minimum Gasteiger partial charge on any atom is -0.468 e. The summed E-state index contributed by atoms with van der Waals surface area (Å²) in [4.78, 5) is 16.0. The Morgan fingerprint density at radius 3 is 2.74 bits per heavy atom. The van der Waals surface area contributed by atoms with Crippen molar-refractivity contribution in [2.75, 3.05) is 23.7 Å². The van der Waals surface area contributed by atoms with Gasteiger partial charge in [0.2, 0.25) is 11.9 Å². The number of nitrogens with zero attached hydrogens (tertiary/aromatic N) is 4. The van der Waals surface area contributed by atoms with Crippen LogP contribution in [0.4, 0.5) is 11.9 Å². The highest BCUT2D eigenvalue weighted by atomic mass is 32.2. The van der Waals surface area contributed by atoms with Gasteiger partial charge in [-0.1, -0.05) is 0 Å². The van der Waals surface area contributed by atoms with E-state index in [9.17, 15) is 0 Å². The van der Waals surface area contributed by atoms with Crippen molar-refractivity contribution in [3.05, 3.63) is 18.1 Å². The molecule has 0 aliphatic carbocycles. The monoisotopic (exact) mass is 277 g/mol. The summed E-state index contributed by atoms with van der Waals surface area (Å²) in [6.07, 6.45) is 4.01. The van der Waals surface area contributed by atoms with E-state index in [-0.39, 0.29) is 5.95 Å². The van der Waals surface area contributed by atoms with Gasteiger partial charge in [-0.15, -0.1) is 0 Å². The predicted octanol–water partition coefficient (Wildman–Crippen LogP) is 2.11. The predicted molar refractivity (Wildman–Crippen MR) is 73.3 cm³/mol. The van der Waals surface area contributed by atoms with E-state index in [0.29, 0.717) is 11.1 Å². The lowest BCUT2D eigenvalue weighted by Gasteiger charge is -2.15. The van der Waals surface area contributed by atoms with Crippen LogP contribution in [0.25, 0.3) is 0 Å². The molecule has 1 saturated heterocycles. The topological polar surface area (TPSA) is 81.1 Å². The van der Waals surface area contributed by atoms with E-state index in [4.69, 9.17) is 10.2 Å². The highest BCUT2D eigenvalue weighted by Crippen LogP contribution is 2.29. The molecule has 2 aromatic rings. The zero-order chi connectivity index (χ0) is 13.2. The van der Waals surface area contributed by atoms with E-state index < -0.39 is 0 Å². The molecule has 19 heavy (non-hydrogen) atoms. The lowest BCUT2D eigenvalue weighted by Crippen LogP contribution is -2.21. The Morgan fingerprint density at radius 2 is 2.05 bits per heavy atom. The van der Waals surface area contributed by atoms with Gasteiger partial charge in [0.25, 0.3) is 0 Å². The van der Waals surface area contributed by atoms with Crippen LogP contribution in [0.3, 0.4) is 0 Å². The van der Waals surface area contributed by atoms with Crippen LogP contribution in [0, 0.1) is 6.92 Å². The zero-order valence-corrected chi connectivity index (χ0v) is 11.5. The van der Waals surface area contributed by atoms with Crippen molar-refractivity contribution in [1.82, 2.24) is 15.0 Å². The van der Waals surface area contributed by atoms with E-state index in [0.717, 1.165) is 23.7 Å². The summed E-state index contributed by atoms with van der Waals surface area (Å²) in [5.74, 6) is 1.79. The number of furan rings is 1. The molecule has 100 valence electrons. The van der Waals surface area contributed by atoms with Crippen molar-refractivity contribution in [1.29, 1.82) is 0 Å². The maximum Gasteiger partial charge on any atom is 0.231 e. The highest BCUT2D eigenvalue weighted by molar-refractivity contribution is 7.99. The molecular formula is C12H15N5OS. The molecule has 0 saturated carbocycles. The van der Waals surface area contributed by atoms with Gasteiger partial charge in [-0.25, -0.2) is 0 Å². The summed E-state index contributed by atoms with van der Waals surface area (Å²) in [6.45, 7) is 3.88. The molecule has 0 amide bonds. The molecular weight excluding hydrogens is 262 g/mol. The maximum atomic E-state index is 5.77. The molecule has 6 nitrogen and oxygen atoms in total. The van der Waals surface area contributed by atoms with Crippen molar-refractivity contribution in [3.63, 3.8) is 0 Å². The molecule has 2 aromatic heterocycles. The number of hydrogen-bond acceptors (Lipinski definition) is 7. The van der Waals surface area contributed by atoms with Crippen LogP contribution in [0.1, 0.15) is 18.6 Å². The molecule has 0 bridgehead atoms. The van der Waals surface area contributed by atoms with Gasteiger partial charge in [0.05, 0.1) is 11.2 Å². The van der Waals surface area contributed by atoms with Crippen LogP contribution in [0.2, 0.25) is 0 Å². The molecule has 1 aliphatic rings. The Kier molecular flexibility index (Phi) is 3.29. The number of aromatic nitrogens is 3. The zero-order valence-electron chi connectivity index (χ0n) is 10.7. The van der Waals surface area contributed by atoms with Crippen molar-refractivity contribution < 1.29 is 4.42 Å². The van der Waals surface area contributed by atoms with Gasteiger partial charge < -0.3 is 15.1 Å². The molecule has 0 unspecified atom stereocenters. The first-order valence-electron chi connectivity index (χ1n) is 6.21. The van der Waals surface area contributed by atoms with Crippen molar-refractivity contribution >= 4 is 23.7 Å². The van der Waals surface area contributed by atoms with Gasteiger partial charge in [-0.3, -0.25) is 0 Å². The van der Waals surface area contributed by atoms with E-state index in [1.165, 1.54) is 24.6 Å². The SMILES string of the molecule is Cc1occc1Sc1nc(N)nc(N2CCCC2)n1. The first kappa shape index (κ1) is 12.3. The van der Waals surface area contributed by atoms with Gasteiger partial charge >= 0.3 is 0 Å². The molecule has 0 spiro atoms. The molecule has 1 fully saturated rings. The van der Waals surface area contributed by atoms with Crippen LogP contribution in [0.15, 0.2) is 26.8 Å². The first-order chi connectivity index (χ1) is 9.22. The Labute approximate surface area is 115 Å². The highest BCUT2D eigenvalue weighted by Gasteiger charge is 2.17. The normalized spacial score (nSPS) is 15.1. The van der Waals surface area contributed by atoms with Gasteiger partial charge in [0.15, 0.2) is 5.16 Å². The third-order valence-corrected chi connectivity index (χ3v) is 4.03. The Balaban J connectivity index is 1.87. The first-order valence-corrected chi connectivity index (χ1v) is 7.02. The Morgan fingerprint density at radius 1 is 1.26 bits per heavy atom. The van der Waals surface area contributed by atoms with E-state index in [1.54, 1.807) is 6.26 Å². The summed E-state index contributed by atoms with van der Waals surface area (Å²) in [7, 11) is 0. The van der Waals surface area contributed by atoms with E-state index in [2.05, 4.69) is 19.9 Å². The summed E-state index contributed by atoms with van der Waals surface area (Å²) in [6, 6.07) is 1.90. The fourth-order valence-electron chi connectivity index (χ4n) is 2.04. The second-order valence-electron chi connectivity index (χ2n) is 4.41. The summed E-state index contributed by atoms with van der Waals surface area (Å²) < 4.78 is 5.26. The van der Waals surface area contributed by atoms with Crippen LogP contribution in [-0.4, -0.2) is 28.0 Å². The number of anilines is 2. The molecule has 0 atom stereocenters. The maximum absolute atomic E-state index is 5.77. The quantitative estimate of drug-likeness (QED) is 0.920. The number of rotatable bonds is 3. The largest absolute Gasteiger partial charge is 0.468 e. The number of aryl methyl sites for hydroxylation is 1. The third kappa shape index (κ3) is 2.65. The molecule has 0 radical (unpaired) electrons. The van der Waals surface area contributed by atoms with Crippen LogP contribution in [-0.2, 0) is 0 Å². The number of nitrogen functional groups attached to an aromatic ring is 1. The summed E-state index contributed by atoms with van der Waals surface area (Å²) >= 11 is 1.45. The fraction of sp³-hybridized carbons (Fsp3) is 0.417. The van der Waals surface area contributed by atoms with Crippen molar-refractivity contribution in [2.45, 2.75) is 29.8 Å². The van der Waals surface area contributed by atoms with E-state index >= 15 is 0 Å². The molecule has 1 aliphatic heterocycles. The number of nitrogens with two attached hydrogens (primary N) is 1. The number of hydrogen-bond donors (Lipinski definition) is 1. The molecule has 0 aromatic carbocycles. The second-order valence-corrected chi connectivity index (χ2v) is 5.42. The smallest absolute Gasteiger partial charge is 0.231 e. The average Bonchev–Trinajstić information content (AvgIpc) is 3.01. The minimum atomic E-state index is 0.264. The molecule has 7 heteroatoms. The Hall–Kier alpha value is -1.76.